The monoisotopic (exact) mass is 443 g/mol. The van der Waals surface area contributed by atoms with Gasteiger partial charge in [-0.1, -0.05) is 29.4 Å². The average molecular weight is 444 g/mol. The summed E-state index contributed by atoms with van der Waals surface area (Å²) in [6.45, 7) is 5.98. The Morgan fingerprint density at radius 1 is 1.29 bits per heavy atom. The van der Waals surface area contributed by atoms with Crippen LogP contribution in [0.5, 0.6) is 0 Å². The van der Waals surface area contributed by atoms with Gasteiger partial charge in [-0.15, -0.1) is 0 Å². The molecule has 28 heavy (non-hydrogen) atoms. The zero-order valence-electron chi connectivity index (χ0n) is 16.1. The Hall–Kier alpha value is -2.74. The molecule has 0 aliphatic heterocycles. The van der Waals surface area contributed by atoms with Crippen LogP contribution in [-0.4, -0.2) is 38.8 Å². The lowest BCUT2D eigenvalue weighted by molar-refractivity contribution is 0.0285. The van der Waals surface area contributed by atoms with E-state index in [1.807, 2.05) is 45.0 Å². The molecule has 3 rings (SSSR count). The first-order valence-electron chi connectivity index (χ1n) is 8.62. The van der Waals surface area contributed by atoms with Crippen molar-refractivity contribution >= 4 is 22.0 Å². The third-order valence-electron chi connectivity index (χ3n) is 3.68. The minimum absolute atomic E-state index is 0.357. The van der Waals surface area contributed by atoms with E-state index in [1.54, 1.807) is 19.3 Å². The predicted octanol–water partition coefficient (Wildman–Crippen LogP) is 4.73. The highest BCUT2D eigenvalue weighted by molar-refractivity contribution is 9.10. The van der Waals surface area contributed by atoms with Crippen LogP contribution in [0, 0.1) is 6.20 Å². The quantitative estimate of drug-likeness (QED) is 0.579. The summed E-state index contributed by atoms with van der Waals surface area (Å²) in [5, 5.41) is 4.09. The van der Waals surface area contributed by atoms with Crippen LogP contribution in [0.15, 0.2) is 45.7 Å². The van der Waals surface area contributed by atoms with E-state index in [4.69, 9.17) is 9.26 Å². The van der Waals surface area contributed by atoms with E-state index in [9.17, 15) is 4.79 Å². The molecule has 0 unspecified atom stereocenters. The summed E-state index contributed by atoms with van der Waals surface area (Å²) in [6.07, 6.45) is 3.97. The Kier molecular flexibility index (Phi) is 5.79. The summed E-state index contributed by atoms with van der Waals surface area (Å²) < 4.78 is 11.3. The van der Waals surface area contributed by atoms with Gasteiger partial charge in [0, 0.05) is 25.2 Å². The maximum Gasteiger partial charge on any atom is 0.410 e. The summed E-state index contributed by atoms with van der Waals surface area (Å²) in [4.78, 5) is 21.8. The summed E-state index contributed by atoms with van der Waals surface area (Å²) in [5.74, 6) is 0.484. The molecule has 1 amide bonds. The van der Waals surface area contributed by atoms with Crippen molar-refractivity contribution in [2.45, 2.75) is 32.9 Å². The zero-order chi connectivity index (χ0) is 20.3. The number of nitrogens with zero attached hydrogens (tertiary/aromatic N) is 4. The molecule has 8 heteroatoms. The highest BCUT2D eigenvalue weighted by Crippen LogP contribution is 2.25. The Morgan fingerprint density at radius 3 is 2.64 bits per heavy atom. The summed E-state index contributed by atoms with van der Waals surface area (Å²) in [7, 11) is 1.71. The molecule has 0 atom stereocenters. The lowest BCUT2D eigenvalue weighted by Gasteiger charge is -2.24. The fourth-order valence-electron chi connectivity index (χ4n) is 2.40. The molecule has 0 aliphatic rings. The highest BCUT2D eigenvalue weighted by atomic mass is 79.9. The largest absolute Gasteiger partial charge is 0.444 e. The minimum Gasteiger partial charge on any atom is -0.444 e. The third-order valence-corrected chi connectivity index (χ3v) is 4.06. The summed E-state index contributed by atoms with van der Waals surface area (Å²) in [6, 6.07) is 9.52. The number of halogens is 1. The number of amides is 1. The standard InChI is InChI=1S/C20H20BrN4O3/c1-20(2,3)27-19(26)25(4)12-13-5-7-14(8-6-13)15-9-17(28-24-15)16-10-22-11-18(21)23-16/h5-9,11H,12H2,1-4H3. The van der Waals surface area contributed by atoms with Crippen molar-refractivity contribution in [2.24, 2.45) is 0 Å². The highest BCUT2D eigenvalue weighted by Gasteiger charge is 2.19. The Labute approximate surface area is 171 Å². The van der Waals surface area contributed by atoms with E-state index in [1.165, 1.54) is 4.90 Å². The third kappa shape index (κ3) is 5.16. The normalized spacial score (nSPS) is 11.3. The SMILES string of the molecule is CN(Cc1ccc(-c2cc(-c3[c]ncc(Br)n3)on2)cc1)C(=O)OC(C)(C)C. The van der Waals surface area contributed by atoms with Crippen LogP contribution in [-0.2, 0) is 11.3 Å². The lowest BCUT2D eigenvalue weighted by atomic mass is 10.1. The van der Waals surface area contributed by atoms with E-state index >= 15 is 0 Å². The maximum atomic E-state index is 12.1. The van der Waals surface area contributed by atoms with Gasteiger partial charge in [-0.25, -0.2) is 14.8 Å². The van der Waals surface area contributed by atoms with Crippen molar-refractivity contribution in [2.75, 3.05) is 7.05 Å². The fourth-order valence-corrected chi connectivity index (χ4v) is 2.68. The van der Waals surface area contributed by atoms with Crippen molar-refractivity contribution in [3.05, 3.63) is 52.9 Å². The molecule has 1 aromatic carbocycles. The number of aromatic nitrogens is 3. The summed E-state index contributed by atoms with van der Waals surface area (Å²) in [5.41, 5.74) is 2.50. The Bertz CT molecular complexity index is 964. The number of hydrogen-bond donors (Lipinski definition) is 0. The van der Waals surface area contributed by atoms with Crippen LogP contribution in [0.1, 0.15) is 26.3 Å². The first-order valence-corrected chi connectivity index (χ1v) is 9.41. The second kappa shape index (κ2) is 8.10. The van der Waals surface area contributed by atoms with Gasteiger partial charge in [-0.3, -0.25) is 0 Å². The Morgan fingerprint density at radius 2 is 2.00 bits per heavy atom. The van der Waals surface area contributed by atoms with Crippen molar-refractivity contribution in [1.29, 1.82) is 0 Å². The molecule has 0 fully saturated rings. The molecule has 0 bridgehead atoms. The fraction of sp³-hybridized carbons (Fsp3) is 0.300. The van der Waals surface area contributed by atoms with Gasteiger partial charge in [0.25, 0.3) is 0 Å². The first-order chi connectivity index (χ1) is 13.2. The maximum absolute atomic E-state index is 12.1. The smallest absolute Gasteiger partial charge is 0.410 e. The number of carbonyl (C=O) groups is 1. The van der Waals surface area contributed by atoms with Crippen molar-refractivity contribution < 1.29 is 14.1 Å². The molecular weight excluding hydrogens is 424 g/mol. The van der Waals surface area contributed by atoms with E-state index < -0.39 is 5.60 Å². The van der Waals surface area contributed by atoms with Gasteiger partial charge in [0.1, 0.15) is 27.8 Å². The number of benzene rings is 1. The molecule has 0 saturated heterocycles. The molecule has 0 spiro atoms. The predicted molar refractivity (Wildman–Crippen MR) is 107 cm³/mol. The van der Waals surface area contributed by atoms with E-state index in [0.717, 1.165) is 11.1 Å². The molecule has 2 heterocycles. The van der Waals surface area contributed by atoms with Gasteiger partial charge >= 0.3 is 6.09 Å². The molecule has 3 aromatic rings. The van der Waals surface area contributed by atoms with Crippen molar-refractivity contribution in [3.63, 3.8) is 0 Å². The average Bonchev–Trinajstić information content (AvgIpc) is 3.11. The van der Waals surface area contributed by atoms with Crippen LogP contribution < -0.4 is 0 Å². The molecule has 0 aliphatic carbocycles. The van der Waals surface area contributed by atoms with Crippen LogP contribution in [0.3, 0.4) is 0 Å². The topological polar surface area (TPSA) is 81.4 Å². The lowest BCUT2D eigenvalue weighted by Crippen LogP contribution is -2.33. The van der Waals surface area contributed by atoms with E-state index in [-0.39, 0.29) is 6.09 Å². The number of rotatable bonds is 4. The van der Waals surface area contributed by atoms with Crippen molar-refractivity contribution in [3.8, 4) is 22.7 Å². The number of hydrogen-bond acceptors (Lipinski definition) is 6. The molecule has 7 nitrogen and oxygen atoms in total. The second-order valence-electron chi connectivity index (χ2n) is 7.26. The van der Waals surface area contributed by atoms with Gasteiger partial charge < -0.3 is 14.2 Å². The summed E-state index contributed by atoms with van der Waals surface area (Å²) >= 11 is 3.27. The van der Waals surface area contributed by atoms with Gasteiger partial charge in [-0.2, -0.15) is 0 Å². The molecule has 0 saturated carbocycles. The number of ether oxygens (including phenoxy) is 1. The van der Waals surface area contributed by atoms with E-state index in [0.29, 0.717) is 28.3 Å². The van der Waals surface area contributed by atoms with Crippen LogP contribution in [0.2, 0.25) is 0 Å². The van der Waals surface area contributed by atoms with E-state index in [2.05, 4.69) is 37.3 Å². The minimum atomic E-state index is -0.518. The van der Waals surface area contributed by atoms with Crippen LogP contribution in [0.4, 0.5) is 4.79 Å². The second-order valence-corrected chi connectivity index (χ2v) is 8.08. The Balaban J connectivity index is 1.69. The number of carbonyl (C=O) groups excluding carboxylic acids is 1. The molecule has 0 N–H and O–H groups in total. The van der Waals surface area contributed by atoms with Crippen LogP contribution in [0.25, 0.3) is 22.7 Å². The zero-order valence-corrected chi connectivity index (χ0v) is 17.6. The molecule has 145 valence electrons. The molecule has 1 radical (unpaired) electrons. The van der Waals surface area contributed by atoms with Gasteiger partial charge in [0.2, 0.25) is 0 Å². The van der Waals surface area contributed by atoms with Gasteiger partial charge in [0.05, 0.1) is 6.20 Å². The van der Waals surface area contributed by atoms with Gasteiger partial charge in [-0.05, 0) is 42.3 Å². The molecular formula is C20H20BrN4O3. The first kappa shape index (κ1) is 20.0. The molecule has 2 aromatic heterocycles. The van der Waals surface area contributed by atoms with Crippen LogP contribution >= 0.6 is 15.9 Å². The van der Waals surface area contributed by atoms with Gasteiger partial charge in [0.15, 0.2) is 5.76 Å². The van der Waals surface area contributed by atoms with Crippen molar-refractivity contribution in [1.82, 2.24) is 20.0 Å².